The van der Waals surface area contributed by atoms with Crippen molar-refractivity contribution in [2.24, 2.45) is 0 Å². The molecule has 0 aliphatic rings. The Morgan fingerprint density at radius 1 is 0.944 bits per heavy atom. The summed E-state index contributed by atoms with van der Waals surface area (Å²) < 4.78 is 82.0. The Bertz CT molecular complexity index is 212. The first kappa shape index (κ1) is 17.7. The second-order valence-corrected chi connectivity index (χ2v) is 5.75. The van der Waals surface area contributed by atoms with Gasteiger partial charge in [0.05, 0.1) is 0 Å². The highest BCUT2D eigenvalue weighted by atomic mass is 28.3. The van der Waals surface area contributed by atoms with Crippen LogP contribution in [0.15, 0.2) is 0 Å². The predicted octanol–water partition coefficient (Wildman–Crippen LogP) is 3.55. The lowest BCUT2D eigenvalue weighted by Crippen LogP contribution is -2.28. The lowest BCUT2D eigenvalue weighted by Gasteiger charge is -2.22. The van der Waals surface area contributed by atoms with Crippen LogP contribution in [-0.2, 0) is 8.85 Å². The van der Waals surface area contributed by atoms with Crippen molar-refractivity contribution in [3.05, 3.63) is 0 Å². The van der Waals surface area contributed by atoms with Crippen LogP contribution in [0, 0.1) is 0 Å². The maximum Gasteiger partial charge on any atom is 0.389 e. The van der Waals surface area contributed by atoms with Crippen molar-refractivity contribution < 1.29 is 35.2 Å². The third-order valence-corrected chi connectivity index (χ3v) is 3.65. The summed E-state index contributed by atoms with van der Waals surface area (Å²) in [5, 5.41) is 0. The van der Waals surface area contributed by atoms with Crippen molar-refractivity contribution >= 4 is 9.28 Å². The van der Waals surface area contributed by atoms with E-state index in [-0.39, 0.29) is 0 Å². The molecule has 0 fully saturated rings. The second kappa shape index (κ2) is 7.34. The van der Waals surface area contributed by atoms with Crippen LogP contribution in [0.25, 0.3) is 0 Å². The maximum absolute atomic E-state index is 12.0. The Balaban J connectivity index is 4.25. The molecule has 0 aliphatic heterocycles. The Hall–Kier alpha value is -0.283. The molecule has 0 aromatic rings. The highest BCUT2D eigenvalue weighted by Crippen LogP contribution is 2.28. The van der Waals surface area contributed by atoms with Gasteiger partial charge in [0.1, 0.15) is 0 Å². The fraction of sp³-hybridized carbons (Fsp3) is 1.00. The molecule has 9 heteroatoms. The van der Waals surface area contributed by atoms with E-state index in [0.717, 1.165) is 0 Å². The van der Waals surface area contributed by atoms with E-state index in [4.69, 9.17) is 8.85 Å². The lowest BCUT2D eigenvalue weighted by atomic mass is 10.1. The molecule has 110 valence electrons. The number of halogens is 6. The minimum atomic E-state index is -4.39. The molecule has 1 unspecified atom stereocenters. The average Bonchev–Trinajstić information content (AvgIpc) is 2.19. The molecule has 0 N–H and O–H groups in total. The first-order chi connectivity index (χ1) is 8.03. The summed E-state index contributed by atoms with van der Waals surface area (Å²) >= 11 is 0. The van der Waals surface area contributed by atoms with E-state index in [0.29, 0.717) is 0 Å². The van der Waals surface area contributed by atoms with Crippen LogP contribution in [0.1, 0.15) is 25.7 Å². The molecular formula is C9H16F6O2Si. The van der Waals surface area contributed by atoms with Crippen LogP contribution in [0.2, 0.25) is 6.55 Å². The summed E-state index contributed by atoms with van der Waals surface area (Å²) in [6.07, 6.45) is -13.1. The van der Waals surface area contributed by atoms with Gasteiger partial charge in [0.25, 0.3) is 0 Å². The van der Waals surface area contributed by atoms with Gasteiger partial charge in [-0.05, 0) is 19.4 Å². The molecule has 0 aliphatic carbocycles. The Morgan fingerprint density at radius 3 is 1.61 bits per heavy atom. The zero-order valence-electron chi connectivity index (χ0n) is 10.1. The summed E-state index contributed by atoms with van der Waals surface area (Å²) in [4.78, 5) is 0. The van der Waals surface area contributed by atoms with Crippen LogP contribution >= 0.6 is 0 Å². The molecule has 0 aromatic carbocycles. The van der Waals surface area contributed by atoms with Gasteiger partial charge in [0, 0.05) is 26.1 Å². The second-order valence-electron chi connectivity index (χ2n) is 3.87. The fourth-order valence-corrected chi connectivity index (χ4v) is 2.18. The van der Waals surface area contributed by atoms with Crippen molar-refractivity contribution in [3.63, 3.8) is 0 Å². The van der Waals surface area contributed by atoms with Crippen molar-refractivity contribution in [2.75, 3.05) is 7.11 Å². The van der Waals surface area contributed by atoms with Gasteiger partial charge >= 0.3 is 21.6 Å². The van der Waals surface area contributed by atoms with Gasteiger partial charge in [-0.25, -0.2) is 0 Å². The molecule has 0 spiro atoms. The predicted molar refractivity (Wildman–Crippen MR) is 55.5 cm³/mol. The zero-order valence-corrected chi connectivity index (χ0v) is 11.2. The van der Waals surface area contributed by atoms with Gasteiger partial charge < -0.3 is 8.85 Å². The largest absolute Gasteiger partial charge is 0.400 e. The van der Waals surface area contributed by atoms with Gasteiger partial charge in [-0.3, -0.25) is 0 Å². The van der Waals surface area contributed by atoms with E-state index < -0.39 is 53.4 Å². The number of hydrogen-bond donors (Lipinski definition) is 0. The molecule has 1 atom stereocenters. The van der Waals surface area contributed by atoms with E-state index in [1.165, 1.54) is 7.11 Å². The molecule has 0 amide bonds. The number of hydrogen-bond acceptors (Lipinski definition) is 2. The average molecular weight is 298 g/mol. The minimum Gasteiger partial charge on any atom is -0.400 e. The Morgan fingerprint density at radius 2 is 1.33 bits per heavy atom. The van der Waals surface area contributed by atoms with Crippen molar-refractivity contribution in [1.82, 2.24) is 0 Å². The third-order valence-electron chi connectivity index (χ3n) is 2.22. The topological polar surface area (TPSA) is 18.5 Å². The summed E-state index contributed by atoms with van der Waals surface area (Å²) in [6, 6.07) is 0. The van der Waals surface area contributed by atoms with Gasteiger partial charge in [-0.2, -0.15) is 26.3 Å². The molecule has 0 aromatic heterocycles. The highest BCUT2D eigenvalue weighted by molar-refractivity contribution is 6.42. The standard InChI is InChI=1S/C9H16F6O2Si/c1-16-18(2)17-7(3-5-8(10,11)12)4-6-9(13,14)15/h7,18H,3-6H2,1-2H3. The fourth-order valence-electron chi connectivity index (χ4n) is 1.26. The molecule has 0 bridgehead atoms. The normalized spacial score (nSPS) is 15.2. The summed E-state index contributed by atoms with van der Waals surface area (Å²) in [5.41, 5.74) is 0. The first-order valence-corrected chi connectivity index (χ1v) is 7.45. The van der Waals surface area contributed by atoms with Gasteiger partial charge in [0.2, 0.25) is 0 Å². The van der Waals surface area contributed by atoms with E-state index >= 15 is 0 Å². The highest BCUT2D eigenvalue weighted by Gasteiger charge is 2.32. The van der Waals surface area contributed by atoms with E-state index in [9.17, 15) is 26.3 Å². The van der Waals surface area contributed by atoms with Crippen molar-refractivity contribution in [1.29, 1.82) is 0 Å². The Kier molecular flexibility index (Phi) is 7.23. The zero-order chi connectivity index (χ0) is 14.4. The van der Waals surface area contributed by atoms with Crippen LogP contribution in [0.4, 0.5) is 26.3 Å². The van der Waals surface area contributed by atoms with Gasteiger partial charge in [0.15, 0.2) is 0 Å². The molecule has 0 saturated carbocycles. The smallest absolute Gasteiger partial charge is 0.389 e. The summed E-state index contributed by atoms with van der Waals surface area (Å²) in [5.74, 6) is 0. The van der Waals surface area contributed by atoms with Crippen molar-refractivity contribution in [3.8, 4) is 0 Å². The van der Waals surface area contributed by atoms with Crippen LogP contribution in [0.5, 0.6) is 0 Å². The molecule has 0 saturated heterocycles. The molecule has 0 heterocycles. The van der Waals surface area contributed by atoms with E-state index in [2.05, 4.69) is 0 Å². The molecule has 0 radical (unpaired) electrons. The van der Waals surface area contributed by atoms with Crippen molar-refractivity contribution in [2.45, 2.75) is 50.7 Å². The first-order valence-electron chi connectivity index (χ1n) is 5.35. The summed E-state index contributed by atoms with van der Waals surface area (Å²) in [7, 11) is -0.824. The van der Waals surface area contributed by atoms with Gasteiger partial charge in [-0.15, -0.1) is 0 Å². The molecule has 0 rings (SSSR count). The number of rotatable bonds is 7. The lowest BCUT2D eigenvalue weighted by molar-refractivity contribution is -0.147. The van der Waals surface area contributed by atoms with Crippen LogP contribution in [-0.4, -0.2) is 34.9 Å². The summed E-state index contributed by atoms with van der Waals surface area (Å²) in [6.45, 7) is 1.55. The monoisotopic (exact) mass is 298 g/mol. The van der Waals surface area contributed by atoms with Crippen LogP contribution in [0.3, 0.4) is 0 Å². The van der Waals surface area contributed by atoms with E-state index in [1.807, 2.05) is 0 Å². The molecule has 2 nitrogen and oxygen atoms in total. The number of alkyl halides is 6. The van der Waals surface area contributed by atoms with Crippen LogP contribution < -0.4 is 0 Å². The molecule has 18 heavy (non-hydrogen) atoms. The van der Waals surface area contributed by atoms with E-state index in [1.54, 1.807) is 6.55 Å². The SMILES string of the molecule is CO[SiH](C)OC(CCC(F)(F)F)CCC(F)(F)F. The molecular weight excluding hydrogens is 282 g/mol. The minimum absolute atomic E-state index is 0.472. The van der Waals surface area contributed by atoms with Gasteiger partial charge in [-0.1, -0.05) is 0 Å². The maximum atomic E-state index is 12.0. The third kappa shape index (κ3) is 10.8. The quantitative estimate of drug-likeness (QED) is 0.528. The Labute approximate surface area is 103 Å².